The van der Waals surface area contributed by atoms with Crippen LogP contribution in [0.2, 0.25) is 0 Å². The van der Waals surface area contributed by atoms with Crippen molar-refractivity contribution in [2.45, 2.75) is 6.92 Å². The Morgan fingerprint density at radius 3 is 2.47 bits per heavy atom. The van der Waals surface area contributed by atoms with Crippen LogP contribution < -0.4 is 5.32 Å². The number of hydrogen-bond donors (Lipinski definition) is 1. The predicted octanol–water partition coefficient (Wildman–Crippen LogP) is 4.37. The van der Waals surface area contributed by atoms with Gasteiger partial charge in [-0.25, -0.2) is 0 Å². The van der Waals surface area contributed by atoms with Crippen LogP contribution in [-0.4, -0.2) is 0 Å². The molecule has 0 aromatic heterocycles. The second-order valence-corrected chi connectivity index (χ2v) is 4.71. The molecule has 0 aliphatic carbocycles. The van der Waals surface area contributed by atoms with E-state index in [1.54, 1.807) is 6.07 Å². The molecule has 0 amide bonds. The third kappa shape index (κ3) is 2.86. The summed E-state index contributed by atoms with van der Waals surface area (Å²) in [7, 11) is 0. The lowest BCUT2D eigenvalue weighted by molar-refractivity contribution is 1.43. The SMILES string of the molecule is Cc1ccc(Nc2ccc(Br)cc2C#N)cc1. The van der Waals surface area contributed by atoms with E-state index in [1.807, 2.05) is 43.3 Å². The van der Waals surface area contributed by atoms with E-state index >= 15 is 0 Å². The topological polar surface area (TPSA) is 35.8 Å². The highest BCUT2D eigenvalue weighted by molar-refractivity contribution is 9.10. The third-order valence-corrected chi connectivity index (χ3v) is 2.93. The van der Waals surface area contributed by atoms with E-state index in [1.165, 1.54) is 5.56 Å². The summed E-state index contributed by atoms with van der Waals surface area (Å²) in [5.74, 6) is 0. The molecule has 2 aromatic carbocycles. The fraction of sp³-hybridized carbons (Fsp3) is 0.0714. The smallest absolute Gasteiger partial charge is 0.101 e. The number of hydrogen-bond acceptors (Lipinski definition) is 2. The number of nitrogens with one attached hydrogen (secondary N) is 1. The molecule has 2 rings (SSSR count). The quantitative estimate of drug-likeness (QED) is 0.890. The Hall–Kier alpha value is -1.79. The molecule has 0 bridgehead atoms. The van der Waals surface area contributed by atoms with Crippen LogP contribution >= 0.6 is 15.9 Å². The summed E-state index contributed by atoms with van der Waals surface area (Å²) in [6, 6.07) is 15.9. The fourth-order valence-corrected chi connectivity index (χ4v) is 1.87. The summed E-state index contributed by atoms with van der Waals surface area (Å²) < 4.78 is 0.906. The van der Waals surface area contributed by atoms with Gasteiger partial charge in [0, 0.05) is 10.2 Å². The molecule has 0 fully saturated rings. The zero-order chi connectivity index (χ0) is 12.3. The summed E-state index contributed by atoms with van der Waals surface area (Å²) in [6.45, 7) is 2.05. The van der Waals surface area contributed by atoms with Gasteiger partial charge in [-0.3, -0.25) is 0 Å². The van der Waals surface area contributed by atoms with Crippen LogP contribution in [0, 0.1) is 18.3 Å². The molecule has 2 nitrogen and oxygen atoms in total. The number of nitrogens with zero attached hydrogens (tertiary/aromatic N) is 1. The Morgan fingerprint density at radius 1 is 1.12 bits per heavy atom. The minimum absolute atomic E-state index is 0.625. The van der Waals surface area contributed by atoms with Crippen LogP contribution in [0.1, 0.15) is 11.1 Å². The molecule has 0 heterocycles. The van der Waals surface area contributed by atoms with Gasteiger partial charge in [0.1, 0.15) is 6.07 Å². The van der Waals surface area contributed by atoms with Gasteiger partial charge in [0.05, 0.1) is 11.3 Å². The van der Waals surface area contributed by atoms with E-state index in [0.29, 0.717) is 5.56 Å². The van der Waals surface area contributed by atoms with Crippen molar-refractivity contribution in [3.05, 3.63) is 58.1 Å². The normalized spacial score (nSPS) is 9.71. The maximum absolute atomic E-state index is 9.05. The van der Waals surface area contributed by atoms with E-state index in [2.05, 4.69) is 27.3 Å². The lowest BCUT2D eigenvalue weighted by Gasteiger charge is -2.08. The molecular formula is C14H11BrN2. The highest BCUT2D eigenvalue weighted by Crippen LogP contribution is 2.24. The Kier molecular flexibility index (Phi) is 3.46. The van der Waals surface area contributed by atoms with Gasteiger partial charge in [-0.05, 0) is 37.3 Å². The zero-order valence-electron chi connectivity index (χ0n) is 9.37. The molecule has 1 N–H and O–H groups in total. The molecule has 84 valence electrons. The molecule has 0 unspecified atom stereocenters. The van der Waals surface area contributed by atoms with Crippen LogP contribution in [-0.2, 0) is 0 Å². The van der Waals surface area contributed by atoms with Crippen LogP contribution in [0.15, 0.2) is 46.9 Å². The number of rotatable bonds is 2. The van der Waals surface area contributed by atoms with Crippen molar-refractivity contribution >= 4 is 27.3 Å². The first-order chi connectivity index (χ1) is 8.19. The van der Waals surface area contributed by atoms with E-state index < -0.39 is 0 Å². The first-order valence-corrected chi connectivity index (χ1v) is 6.01. The number of halogens is 1. The maximum Gasteiger partial charge on any atom is 0.101 e. The van der Waals surface area contributed by atoms with Crippen molar-refractivity contribution in [2.24, 2.45) is 0 Å². The molecule has 0 saturated heterocycles. The molecule has 3 heteroatoms. The molecule has 2 aromatic rings. The first kappa shape index (κ1) is 11.7. The highest BCUT2D eigenvalue weighted by atomic mass is 79.9. The van der Waals surface area contributed by atoms with Crippen LogP contribution in [0.25, 0.3) is 0 Å². The number of nitriles is 1. The Morgan fingerprint density at radius 2 is 1.82 bits per heavy atom. The predicted molar refractivity (Wildman–Crippen MR) is 73.3 cm³/mol. The molecule has 17 heavy (non-hydrogen) atoms. The van der Waals surface area contributed by atoms with Gasteiger partial charge in [0.15, 0.2) is 0 Å². The van der Waals surface area contributed by atoms with Gasteiger partial charge in [0.25, 0.3) is 0 Å². The highest BCUT2D eigenvalue weighted by Gasteiger charge is 2.02. The number of benzene rings is 2. The van der Waals surface area contributed by atoms with Gasteiger partial charge in [-0.2, -0.15) is 5.26 Å². The molecule has 0 aliphatic heterocycles. The molecule has 0 spiro atoms. The van der Waals surface area contributed by atoms with Gasteiger partial charge >= 0.3 is 0 Å². The van der Waals surface area contributed by atoms with Crippen LogP contribution in [0.4, 0.5) is 11.4 Å². The van der Waals surface area contributed by atoms with E-state index in [4.69, 9.17) is 5.26 Å². The molecule has 0 saturated carbocycles. The fourth-order valence-electron chi connectivity index (χ4n) is 1.51. The van der Waals surface area contributed by atoms with Gasteiger partial charge < -0.3 is 5.32 Å². The number of aryl methyl sites for hydroxylation is 1. The monoisotopic (exact) mass is 286 g/mol. The standard InChI is InChI=1S/C14H11BrN2/c1-10-2-5-13(6-3-10)17-14-7-4-12(15)8-11(14)9-16/h2-8,17H,1H3. The number of anilines is 2. The van der Waals surface area contributed by atoms with Crippen molar-refractivity contribution in [3.63, 3.8) is 0 Å². The average molecular weight is 287 g/mol. The first-order valence-electron chi connectivity index (χ1n) is 5.22. The summed E-state index contributed by atoms with van der Waals surface area (Å²) in [5, 5.41) is 12.3. The van der Waals surface area contributed by atoms with Crippen LogP contribution in [0.5, 0.6) is 0 Å². The van der Waals surface area contributed by atoms with Gasteiger partial charge in [-0.15, -0.1) is 0 Å². The average Bonchev–Trinajstić information content (AvgIpc) is 2.34. The van der Waals surface area contributed by atoms with Crippen molar-refractivity contribution < 1.29 is 0 Å². The minimum Gasteiger partial charge on any atom is -0.354 e. The maximum atomic E-state index is 9.05. The van der Waals surface area contributed by atoms with Gasteiger partial charge in [0.2, 0.25) is 0 Å². The second-order valence-electron chi connectivity index (χ2n) is 3.79. The molecule has 0 atom stereocenters. The van der Waals surface area contributed by atoms with E-state index in [-0.39, 0.29) is 0 Å². The lowest BCUT2D eigenvalue weighted by atomic mass is 10.1. The lowest BCUT2D eigenvalue weighted by Crippen LogP contribution is -1.93. The van der Waals surface area contributed by atoms with Crippen molar-refractivity contribution in [1.29, 1.82) is 5.26 Å². The van der Waals surface area contributed by atoms with Crippen LogP contribution in [0.3, 0.4) is 0 Å². The summed E-state index contributed by atoms with van der Waals surface area (Å²) in [6.07, 6.45) is 0. The van der Waals surface area contributed by atoms with Gasteiger partial charge in [-0.1, -0.05) is 33.6 Å². The van der Waals surface area contributed by atoms with E-state index in [0.717, 1.165) is 15.8 Å². The summed E-state index contributed by atoms with van der Waals surface area (Å²) in [5.41, 5.74) is 3.64. The molecule has 0 radical (unpaired) electrons. The largest absolute Gasteiger partial charge is 0.354 e. The minimum atomic E-state index is 0.625. The Bertz CT molecular complexity index is 568. The van der Waals surface area contributed by atoms with E-state index in [9.17, 15) is 0 Å². The Balaban J connectivity index is 2.30. The summed E-state index contributed by atoms with van der Waals surface area (Å²) in [4.78, 5) is 0. The zero-order valence-corrected chi connectivity index (χ0v) is 11.0. The van der Waals surface area contributed by atoms with Crippen molar-refractivity contribution in [2.75, 3.05) is 5.32 Å². The Labute approximate surface area is 109 Å². The van der Waals surface area contributed by atoms with Crippen molar-refractivity contribution in [3.8, 4) is 6.07 Å². The van der Waals surface area contributed by atoms with Crippen molar-refractivity contribution in [1.82, 2.24) is 0 Å². The second kappa shape index (κ2) is 5.03. The molecule has 0 aliphatic rings. The molecular weight excluding hydrogens is 276 g/mol. The summed E-state index contributed by atoms with van der Waals surface area (Å²) >= 11 is 3.35. The third-order valence-electron chi connectivity index (χ3n) is 2.43.